The Morgan fingerprint density at radius 2 is 1.39 bits per heavy atom. The number of H-pyrrole nitrogens is 1. The number of hydrogen-bond donors (Lipinski definition) is 8. The van der Waals surface area contributed by atoms with Gasteiger partial charge in [-0.2, -0.15) is 26.3 Å². The monoisotopic (exact) mass is 971 g/mol. The third-order valence-electron chi connectivity index (χ3n) is 9.50. The second kappa shape index (κ2) is 23.7. The summed E-state index contributed by atoms with van der Waals surface area (Å²) in [4.78, 5) is 59.9. The van der Waals surface area contributed by atoms with E-state index in [4.69, 9.17) is 47.7 Å². The number of nitrogens with zero attached hydrogens (tertiary/aromatic N) is 1. The number of aliphatic carboxylic acids is 2. The van der Waals surface area contributed by atoms with Crippen molar-refractivity contribution in [3.63, 3.8) is 0 Å². The van der Waals surface area contributed by atoms with E-state index >= 15 is 0 Å². The highest BCUT2D eigenvalue weighted by molar-refractivity contribution is 6.39. The van der Waals surface area contributed by atoms with Crippen LogP contribution in [-0.4, -0.2) is 98.9 Å². The lowest BCUT2D eigenvalue weighted by atomic mass is 10.0. The summed E-state index contributed by atoms with van der Waals surface area (Å²) in [6.45, 7) is 2.41. The fourth-order valence-electron chi connectivity index (χ4n) is 6.32. The first-order valence-electron chi connectivity index (χ1n) is 19.5. The maximum absolute atomic E-state index is 12.9. The van der Waals surface area contributed by atoms with Gasteiger partial charge in [0.1, 0.15) is 11.9 Å². The smallest absolute Gasteiger partial charge is 0.490 e. The number of piperidine rings is 1. The second-order valence-electron chi connectivity index (χ2n) is 14.3. The van der Waals surface area contributed by atoms with Crippen LogP contribution in [0.2, 0.25) is 10.0 Å². The number of amides is 2. The average molecular weight is 973 g/mol. The predicted molar refractivity (Wildman–Crippen MR) is 231 cm³/mol. The lowest BCUT2D eigenvalue weighted by molar-refractivity contribution is -0.193. The Kier molecular flexibility index (Phi) is 18.8. The van der Waals surface area contributed by atoms with Crippen LogP contribution < -0.4 is 21.5 Å². The minimum Gasteiger partial charge on any atom is -0.506 e. The number of aromatic amines is 1. The third kappa shape index (κ3) is 15.9. The van der Waals surface area contributed by atoms with Crippen LogP contribution in [0.1, 0.15) is 36.5 Å². The first-order chi connectivity index (χ1) is 31.0. The lowest BCUT2D eigenvalue weighted by Crippen LogP contribution is -2.39. The van der Waals surface area contributed by atoms with Crippen molar-refractivity contribution in [1.82, 2.24) is 15.2 Å². The first kappa shape index (κ1) is 52.2. The number of carboxylic acid groups (broad SMARTS) is 2. The number of halogens is 8. The summed E-state index contributed by atoms with van der Waals surface area (Å²) in [6.07, 6.45) is -10.3. The van der Waals surface area contributed by atoms with Gasteiger partial charge in [-0.3, -0.25) is 14.9 Å². The highest BCUT2D eigenvalue weighted by Crippen LogP contribution is 2.33. The van der Waals surface area contributed by atoms with Crippen LogP contribution >= 0.6 is 23.2 Å². The SMILES string of the molecule is O=C(CCN1CCC(OC(=O)Nc2ccccc2-c2ccccc2)CC1)Nc1c(Cl)cc(CNC[C@H](O)c2ccc(O)c3[nH]c(=O)ccc23)cc1Cl.O=C(O)C(F)(F)F.O=C(O)C(F)(F)F. The van der Waals surface area contributed by atoms with Gasteiger partial charge in [0.2, 0.25) is 11.5 Å². The number of para-hydroxylation sites is 1. The standard InChI is InChI=1S/C39H39Cl2N5O6.2C2HF3O2/c40-30-20-24(22-42-23-34(48)28-10-12-33(47)37-29(28)11-13-35(49)44-37)21-31(41)38(30)45-36(50)16-19-46-17-14-26(15-18-46)52-39(51)43-32-9-5-4-8-27(32)25-6-2-1-3-7-25;2*3-2(4,5)1(6)7/h1-13,20-21,26,34,42,47-48H,14-19,22-23H2,(H,43,51)(H,44,49)(H,45,50);2*(H,6,7)/t34-;;/m0../s1. The molecule has 0 spiro atoms. The number of alkyl halides is 6. The van der Waals surface area contributed by atoms with Crippen LogP contribution in [0, 0.1) is 0 Å². The maximum atomic E-state index is 12.9. The maximum Gasteiger partial charge on any atom is 0.490 e. The van der Waals surface area contributed by atoms with E-state index in [0.717, 1.165) is 16.7 Å². The topological polar surface area (TPSA) is 231 Å². The Bertz CT molecular complexity index is 2490. The van der Waals surface area contributed by atoms with Crippen LogP contribution in [-0.2, 0) is 25.7 Å². The van der Waals surface area contributed by atoms with E-state index in [0.29, 0.717) is 61.3 Å². The van der Waals surface area contributed by atoms with E-state index in [1.165, 1.54) is 12.1 Å². The van der Waals surface area contributed by atoms with Gasteiger partial charge in [-0.15, -0.1) is 0 Å². The van der Waals surface area contributed by atoms with Gasteiger partial charge in [0.25, 0.3) is 0 Å². The predicted octanol–water partition coefficient (Wildman–Crippen LogP) is 8.34. The number of phenols is 1. The normalized spacial score (nSPS) is 13.6. The molecule has 1 fully saturated rings. The Morgan fingerprint density at radius 1 is 0.818 bits per heavy atom. The molecular weight excluding hydrogens is 931 g/mol. The summed E-state index contributed by atoms with van der Waals surface area (Å²) >= 11 is 13.0. The number of pyridine rings is 1. The van der Waals surface area contributed by atoms with Crippen LogP contribution in [0.3, 0.4) is 0 Å². The molecule has 23 heteroatoms. The Balaban J connectivity index is 0.000000590. The Labute approximate surface area is 380 Å². The fourth-order valence-corrected chi connectivity index (χ4v) is 6.95. The zero-order chi connectivity index (χ0) is 48.8. The Morgan fingerprint density at radius 3 is 1.98 bits per heavy atom. The molecule has 6 rings (SSSR count). The number of rotatable bonds is 12. The molecule has 1 saturated heterocycles. The first-order valence-corrected chi connectivity index (χ1v) is 20.2. The summed E-state index contributed by atoms with van der Waals surface area (Å²) in [5.74, 6) is -5.82. The van der Waals surface area contributed by atoms with Crippen molar-refractivity contribution in [1.29, 1.82) is 0 Å². The summed E-state index contributed by atoms with van der Waals surface area (Å²) in [6, 6.07) is 26.8. The molecule has 0 radical (unpaired) electrons. The van der Waals surface area contributed by atoms with Gasteiger partial charge in [0.05, 0.1) is 33.0 Å². The van der Waals surface area contributed by atoms with Crippen molar-refractivity contribution in [3.8, 4) is 16.9 Å². The number of carboxylic acids is 2. The van der Waals surface area contributed by atoms with Crippen molar-refractivity contribution in [2.75, 3.05) is 36.8 Å². The number of aromatic nitrogens is 1. The van der Waals surface area contributed by atoms with Crippen LogP contribution in [0.4, 0.5) is 42.5 Å². The van der Waals surface area contributed by atoms with E-state index in [-0.39, 0.29) is 51.8 Å². The molecule has 5 aromatic rings. The average Bonchev–Trinajstić information content (AvgIpc) is 3.25. The highest BCUT2D eigenvalue weighted by atomic mass is 35.5. The number of anilines is 2. The van der Waals surface area contributed by atoms with Gasteiger partial charge >= 0.3 is 30.4 Å². The number of aliphatic hydroxyl groups excluding tert-OH is 1. The van der Waals surface area contributed by atoms with Gasteiger partial charge in [-0.05, 0) is 59.9 Å². The number of carbonyl (C=O) groups excluding carboxylic acids is 2. The minimum absolute atomic E-state index is 0.0801. The molecule has 0 saturated carbocycles. The number of phenolic OH excluding ortho intramolecular Hbond substituents is 1. The molecule has 1 aromatic heterocycles. The molecule has 4 aromatic carbocycles. The number of carbonyl (C=O) groups is 4. The minimum atomic E-state index is -5.08. The molecule has 2 amide bonds. The number of aliphatic hydroxyl groups is 1. The second-order valence-corrected chi connectivity index (χ2v) is 15.1. The largest absolute Gasteiger partial charge is 0.506 e. The van der Waals surface area contributed by atoms with E-state index in [1.54, 1.807) is 24.3 Å². The zero-order valence-electron chi connectivity index (χ0n) is 34.2. The summed E-state index contributed by atoms with van der Waals surface area (Å²) in [5, 5.41) is 45.2. The molecule has 0 aliphatic carbocycles. The lowest BCUT2D eigenvalue weighted by Gasteiger charge is -2.31. The molecule has 0 bridgehead atoms. The number of likely N-dealkylation sites (tertiary alicyclic amines) is 1. The quantitative estimate of drug-likeness (QED) is 0.0552. The van der Waals surface area contributed by atoms with Crippen LogP contribution in [0.15, 0.2) is 95.8 Å². The number of ether oxygens (including phenoxy) is 1. The van der Waals surface area contributed by atoms with Crippen molar-refractivity contribution < 1.29 is 70.7 Å². The van der Waals surface area contributed by atoms with Crippen molar-refractivity contribution >= 4 is 69.4 Å². The van der Waals surface area contributed by atoms with Gasteiger partial charge in [0.15, 0.2) is 0 Å². The molecule has 1 aliphatic heterocycles. The van der Waals surface area contributed by atoms with E-state index in [9.17, 15) is 50.9 Å². The number of benzene rings is 4. The molecule has 8 N–H and O–H groups in total. The number of aromatic hydroxyl groups is 1. The van der Waals surface area contributed by atoms with Gasteiger partial charge in [-0.1, -0.05) is 77.8 Å². The third-order valence-corrected chi connectivity index (χ3v) is 10.1. The number of fused-ring (bicyclic) bond motifs is 1. The molecular formula is C43H41Cl2F6N5O10. The van der Waals surface area contributed by atoms with Gasteiger partial charge in [-0.25, -0.2) is 14.4 Å². The van der Waals surface area contributed by atoms with Crippen molar-refractivity contribution in [2.24, 2.45) is 0 Å². The highest BCUT2D eigenvalue weighted by Gasteiger charge is 2.39. The van der Waals surface area contributed by atoms with Crippen molar-refractivity contribution in [2.45, 2.75) is 50.4 Å². The molecule has 354 valence electrons. The van der Waals surface area contributed by atoms with Gasteiger partial charge < -0.3 is 45.7 Å². The molecule has 1 aliphatic rings. The summed E-state index contributed by atoms with van der Waals surface area (Å²) in [5.41, 5.74) is 4.14. The van der Waals surface area contributed by atoms with Gasteiger partial charge in [0, 0.05) is 56.2 Å². The Hall–Kier alpha value is -6.39. The summed E-state index contributed by atoms with van der Waals surface area (Å²) < 4.78 is 69.2. The van der Waals surface area contributed by atoms with E-state index in [1.807, 2.05) is 54.6 Å². The van der Waals surface area contributed by atoms with E-state index in [2.05, 4.69) is 25.8 Å². The number of nitrogens with one attached hydrogen (secondary N) is 4. The molecule has 2 heterocycles. The number of hydrogen-bond acceptors (Lipinski definition) is 10. The molecule has 0 unspecified atom stereocenters. The van der Waals surface area contributed by atoms with Crippen LogP contribution in [0.25, 0.3) is 22.0 Å². The van der Waals surface area contributed by atoms with Crippen LogP contribution in [0.5, 0.6) is 5.75 Å². The zero-order valence-corrected chi connectivity index (χ0v) is 35.7. The summed E-state index contributed by atoms with van der Waals surface area (Å²) in [7, 11) is 0. The molecule has 1 atom stereocenters. The fraction of sp³-hybridized carbons (Fsp3) is 0.279. The molecule has 66 heavy (non-hydrogen) atoms. The van der Waals surface area contributed by atoms with Crippen molar-refractivity contribution in [3.05, 3.63) is 123 Å². The van der Waals surface area contributed by atoms with E-state index < -0.39 is 36.5 Å². The molecule has 15 nitrogen and oxygen atoms in total.